The van der Waals surface area contributed by atoms with Crippen LogP contribution in [0.25, 0.3) is 0 Å². The van der Waals surface area contributed by atoms with Gasteiger partial charge in [0, 0.05) is 18.9 Å². The summed E-state index contributed by atoms with van der Waals surface area (Å²) >= 11 is 6.18. The number of carbonyl (C=O) groups is 1. The van der Waals surface area contributed by atoms with Crippen molar-refractivity contribution in [3.8, 4) is 0 Å². The quantitative estimate of drug-likeness (QED) is 0.866. The van der Waals surface area contributed by atoms with Gasteiger partial charge in [0.15, 0.2) is 0 Å². The number of pyridine rings is 1. The first-order valence-electron chi connectivity index (χ1n) is 6.93. The molecule has 0 radical (unpaired) electrons. The smallest absolute Gasteiger partial charge is 0.255 e. The molecule has 1 saturated heterocycles. The Hall–Kier alpha value is -2.07. The highest BCUT2D eigenvalue weighted by atomic mass is 35.5. The molecule has 2 aromatic rings. The van der Waals surface area contributed by atoms with Crippen LogP contribution in [-0.2, 0) is 0 Å². The summed E-state index contributed by atoms with van der Waals surface area (Å²) in [6.07, 6.45) is 5.45. The predicted molar refractivity (Wildman–Crippen MR) is 83.1 cm³/mol. The fourth-order valence-corrected chi connectivity index (χ4v) is 3.02. The van der Waals surface area contributed by atoms with Crippen LogP contribution in [0.15, 0.2) is 42.7 Å². The molecule has 0 saturated carbocycles. The van der Waals surface area contributed by atoms with Crippen LogP contribution in [0.3, 0.4) is 0 Å². The molecule has 0 spiro atoms. The van der Waals surface area contributed by atoms with Gasteiger partial charge in [-0.2, -0.15) is 0 Å². The minimum atomic E-state index is -0.0633. The molecule has 21 heavy (non-hydrogen) atoms. The zero-order valence-electron chi connectivity index (χ0n) is 11.5. The fraction of sp³-hybridized carbons (Fsp3) is 0.250. The number of anilines is 1. The molecule has 5 heteroatoms. The van der Waals surface area contributed by atoms with Gasteiger partial charge in [-0.3, -0.25) is 9.78 Å². The van der Waals surface area contributed by atoms with Gasteiger partial charge in [0.2, 0.25) is 0 Å². The Balaban J connectivity index is 1.92. The molecule has 1 atom stereocenters. The van der Waals surface area contributed by atoms with Crippen LogP contribution in [0, 0.1) is 0 Å². The zero-order valence-corrected chi connectivity index (χ0v) is 12.3. The number of likely N-dealkylation sites (tertiary alicyclic amines) is 1. The first-order chi connectivity index (χ1) is 10.2. The minimum Gasteiger partial charge on any atom is -0.398 e. The van der Waals surface area contributed by atoms with Gasteiger partial charge < -0.3 is 10.6 Å². The van der Waals surface area contributed by atoms with Crippen molar-refractivity contribution in [3.63, 3.8) is 0 Å². The Morgan fingerprint density at radius 3 is 2.81 bits per heavy atom. The lowest BCUT2D eigenvalue weighted by Gasteiger charge is -2.25. The fourth-order valence-electron chi connectivity index (χ4n) is 2.81. The van der Waals surface area contributed by atoms with Gasteiger partial charge in [0.25, 0.3) is 5.91 Å². The van der Waals surface area contributed by atoms with Crippen molar-refractivity contribution in [2.45, 2.75) is 18.9 Å². The number of rotatable bonds is 2. The van der Waals surface area contributed by atoms with Gasteiger partial charge in [-0.25, -0.2) is 0 Å². The largest absolute Gasteiger partial charge is 0.398 e. The van der Waals surface area contributed by atoms with E-state index in [1.54, 1.807) is 30.6 Å². The highest BCUT2D eigenvalue weighted by Gasteiger charge is 2.31. The number of nitrogens with zero attached hydrogens (tertiary/aromatic N) is 2. The van der Waals surface area contributed by atoms with Crippen molar-refractivity contribution < 1.29 is 4.79 Å². The molecule has 0 bridgehead atoms. The molecule has 2 N–H and O–H groups in total. The third-order valence-corrected chi connectivity index (χ3v) is 4.29. The van der Waals surface area contributed by atoms with Crippen LogP contribution in [0.4, 0.5) is 5.69 Å². The van der Waals surface area contributed by atoms with E-state index in [1.165, 1.54) is 0 Å². The second kappa shape index (κ2) is 5.74. The summed E-state index contributed by atoms with van der Waals surface area (Å²) in [7, 11) is 0. The summed E-state index contributed by atoms with van der Waals surface area (Å²) in [4.78, 5) is 18.7. The van der Waals surface area contributed by atoms with E-state index >= 15 is 0 Å². The molecular formula is C16H16ClN3O. The summed E-state index contributed by atoms with van der Waals surface area (Å²) in [5.74, 6) is -0.0633. The number of nitrogens with two attached hydrogens (primary N) is 1. The first-order valence-corrected chi connectivity index (χ1v) is 7.31. The zero-order chi connectivity index (χ0) is 14.8. The van der Waals surface area contributed by atoms with Crippen molar-refractivity contribution >= 4 is 23.2 Å². The van der Waals surface area contributed by atoms with Crippen LogP contribution >= 0.6 is 11.6 Å². The second-order valence-corrected chi connectivity index (χ2v) is 5.52. The van der Waals surface area contributed by atoms with E-state index in [0.29, 0.717) is 16.3 Å². The molecule has 2 heterocycles. The SMILES string of the molecule is Nc1cccc(C(=O)N2CCCC2c2ccncc2)c1Cl. The van der Waals surface area contributed by atoms with E-state index in [9.17, 15) is 4.79 Å². The average Bonchev–Trinajstić information content (AvgIpc) is 3.00. The third-order valence-electron chi connectivity index (χ3n) is 3.86. The van der Waals surface area contributed by atoms with Gasteiger partial charge in [0.05, 0.1) is 22.3 Å². The average molecular weight is 302 g/mol. The van der Waals surface area contributed by atoms with Gasteiger partial charge in [-0.05, 0) is 42.7 Å². The Morgan fingerprint density at radius 1 is 1.29 bits per heavy atom. The van der Waals surface area contributed by atoms with Crippen molar-refractivity contribution in [1.82, 2.24) is 9.88 Å². The molecule has 0 aliphatic carbocycles. The van der Waals surface area contributed by atoms with Gasteiger partial charge >= 0.3 is 0 Å². The second-order valence-electron chi connectivity index (χ2n) is 5.15. The summed E-state index contributed by atoms with van der Waals surface area (Å²) in [6.45, 7) is 0.733. The monoisotopic (exact) mass is 301 g/mol. The molecule has 4 nitrogen and oxygen atoms in total. The van der Waals surface area contributed by atoms with Crippen molar-refractivity contribution in [3.05, 3.63) is 58.9 Å². The summed E-state index contributed by atoms with van der Waals surface area (Å²) in [5.41, 5.74) is 7.80. The van der Waals surface area contributed by atoms with E-state index in [2.05, 4.69) is 4.98 Å². The highest BCUT2D eigenvalue weighted by molar-refractivity contribution is 6.36. The molecule has 1 aliphatic heterocycles. The van der Waals surface area contributed by atoms with Crippen molar-refractivity contribution in [1.29, 1.82) is 0 Å². The third kappa shape index (κ3) is 2.59. The number of halogens is 1. The Kier molecular flexibility index (Phi) is 3.80. The molecule has 3 rings (SSSR count). The van der Waals surface area contributed by atoms with Gasteiger partial charge in [0.1, 0.15) is 0 Å². The van der Waals surface area contributed by atoms with E-state index in [4.69, 9.17) is 17.3 Å². The molecule has 1 amide bonds. The Morgan fingerprint density at radius 2 is 2.05 bits per heavy atom. The topological polar surface area (TPSA) is 59.2 Å². The molecule has 1 aliphatic rings. The lowest BCUT2D eigenvalue weighted by atomic mass is 10.1. The van der Waals surface area contributed by atoms with Gasteiger partial charge in [-0.15, -0.1) is 0 Å². The lowest BCUT2D eigenvalue weighted by Crippen LogP contribution is -2.30. The number of nitrogen functional groups attached to an aromatic ring is 1. The normalized spacial score (nSPS) is 18.0. The number of benzene rings is 1. The van der Waals surface area contributed by atoms with Crippen LogP contribution < -0.4 is 5.73 Å². The minimum absolute atomic E-state index is 0.0633. The van der Waals surface area contributed by atoms with Crippen LogP contribution in [0.2, 0.25) is 5.02 Å². The molecule has 1 fully saturated rings. The van der Waals surface area contributed by atoms with Crippen LogP contribution in [-0.4, -0.2) is 22.3 Å². The maximum absolute atomic E-state index is 12.8. The molecule has 108 valence electrons. The van der Waals surface area contributed by atoms with Crippen molar-refractivity contribution in [2.24, 2.45) is 0 Å². The summed E-state index contributed by atoms with van der Waals surface area (Å²) < 4.78 is 0. The van der Waals surface area contributed by atoms with E-state index in [1.807, 2.05) is 17.0 Å². The standard InChI is InChI=1S/C16H16ClN3O/c17-15-12(3-1-4-13(15)18)16(21)20-10-2-5-14(20)11-6-8-19-9-7-11/h1,3-4,6-9,14H,2,5,10,18H2. The van der Waals surface area contributed by atoms with Crippen LogP contribution in [0.5, 0.6) is 0 Å². The van der Waals surface area contributed by atoms with E-state index in [0.717, 1.165) is 24.9 Å². The summed E-state index contributed by atoms with van der Waals surface area (Å²) in [5, 5.41) is 0.336. The van der Waals surface area contributed by atoms with Crippen molar-refractivity contribution in [2.75, 3.05) is 12.3 Å². The molecular weight excluding hydrogens is 286 g/mol. The predicted octanol–water partition coefficient (Wildman–Crippen LogP) is 3.29. The number of aromatic nitrogens is 1. The highest BCUT2D eigenvalue weighted by Crippen LogP contribution is 2.34. The maximum Gasteiger partial charge on any atom is 0.255 e. The van der Waals surface area contributed by atoms with Crippen LogP contribution in [0.1, 0.15) is 34.8 Å². The number of amides is 1. The van der Waals surface area contributed by atoms with Gasteiger partial charge in [-0.1, -0.05) is 17.7 Å². The lowest BCUT2D eigenvalue weighted by molar-refractivity contribution is 0.0736. The summed E-state index contributed by atoms with van der Waals surface area (Å²) in [6, 6.07) is 9.17. The number of hydrogen-bond donors (Lipinski definition) is 1. The first kappa shape index (κ1) is 13.9. The number of hydrogen-bond acceptors (Lipinski definition) is 3. The maximum atomic E-state index is 12.8. The molecule has 1 aromatic carbocycles. The Labute approximate surface area is 128 Å². The molecule has 1 unspecified atom stereocenters. The van der Waals surface area contributed by atoms with E-state index < -0.39 is 0 Å². The Bertz CT molecular complexity index is 660. The molecule has 1 aromatic heterocycles. The number of carbonyl (C=O) groups excluding carboxylic acids is 1. The van der Waals surface area contributed by atoms with E-state index in [-0.39, 0.29) is 11.9 Å².